The second kappa shape index (κ2) is 4.74. The van der Waals surface area contributed by atoms with Crippen molar-refractivity contribution in [3.05, 3.63) is 28.7 Å². The molecule has 2 nitrogen and oxygen atoms in total. The lowest BCUT2D eigenvalue weighted by atomic mass is 9.48. The van der Waals surface area contributed by atoms with E-state index in [0.29, 0.717) is 0 Å². The van der Waals surface area contributed by atoms with Gasteiger partial charge >= 0.3 is 0 Å². The van der Waals surface area contributed by atoms with E-state index in [4.69, 9.17) is 5.73 Å². The Morgan fingerprint density at radius 1 is 1.10 bits per heavy atom. The van der Waals surface area contributed by atoms with Gasteiger partial charge < -0.3 is 11.1 Å². The molecule has 0 saturated heterocycles. The molecule has 0 spiro atoms. The molecule has 3 N–H and O–H groups in total. The number of hydrogen-bond acceptors (Lipinski definition) is 2. The van der Waals surface area contributed by atoms with Crippen LogP contribution in [0.15, 0.2) is 28.7 Å². The van der Waals surface area contributed by atoms with Gasteiger partial charge in [0.25, 0.3) is 0 Å². The minimum absolute atomic E-state index is 0.147. The minimum atomic E-state index is 0.147. The molecule has 4 saturated carbocycles. The van der Waals surface area contributed by atoms with Gasteiger partial charge in [0.2, 0.25) is 0 Å². The third-order valence-electron chi connectivity index (χ3n) is 6.13. The molecule has 0 unspecified atom stereocenters. The van der Waals surface area contributed by atoms with E-state index < -0.39 is 0 Å². The van der Waals surface area contributed by atoms with E-state index in [-0.39, 0.29) is 5.54 Å². The Kier molecular flexibility index (Phi) is 3.11. The number of nitrogens with one attached hydrogen (secondary N) is 1. The van der Waals surface area contributed by atoms with E-state index in [9.17, 15) is 0 Å². The molecule has 0 amide bonds. The van der Waals surface area contributed by atoms with Crippen LogP contribution in [-0.4, -0.2) is 12.1 Å². The van der Waals surface area contributed by atoms with Gasteiger partial charge in [-0.1, -0.05) is 22.0 Å². The Morgan fingerprint density at radius 2 is 1.75 bits per heavy atom. The number of rotatable bonds is 3. The summed E-state index contributed by atoms with van der Waals surface area (Å²) >= 11 is 3.57. The zero-order valence-corrected chi connectivity index (χ0v) is 13.4. The van der Waals surface area contributed by atoms with Crippen molar-refractivity contribution >= 4 is 21.6 Å². The summed E-state index contributed by atoms with van der Waals surface area (Å²) in [5.41, 5.74) is 7.67. The summed E-state index contributed by atoms with van der Waals surface area (Å²) in [6.07, 6.45) is 7.07. The van der Waals surface area contributed by atoms with Crippen molar-refractivity contribution in [3.63, 3.8) is 0 Å². The topological polar surface area (TPSA) is 38.0 Å². The predicted molar refractivity (Wildman–Crippen MR) is 86.6 cm³/mol. The van der Waals surface area contributed by atoms with Gasteiger partial charge in [-0.15, -0.1) is 0 Å². The van der Waals surface area contributed by atoms with Crippen molar-refractivity contribution in [1.29, 1.82) is 0 Å². The molecule has 0 heterocycles. The molecule has 4 bridgehead atoms. The van der Waals surface area contributed by atoms with Gasteiger partial charge in [0.1, 0.15) is 0 Å². The van der Waals surface area contributed by atoms with E-state index >= 15 is 0 Å². The fraction of sp³-hybridized carbons (Fsp3) is 0.647. The van der Waals surface area contributed by atoms with Crippen LogP contribution in [0.1, 0.15) is 32.1 Å². The second-order valence-corrected chi connectivity index (χ2v) is 8.10. The SMILES string of the molecule is NCC1(Nc2cccc(Br)c2)C2CC3CC(C2)CC1C3. The van der Waals surface area contributed by atoms with Crippen molar-refractivity contribution in [2.24, 2.45) is 29.4 Å². The Hall–Kier alpha value is -0.540. The van der Waals surface area contributed by atoms with Crippen LogP contribution in [-0.2, 0) is 0 Å². The minimum Gasteiger partial charge on any atom is -0.378 e. The predicted octanol–water partition coefficient (Wildman–Crippen LogP) is 4.01. The molecule has 4 fully saturated rings. The number of halogens is 1. The van der Waals surface area contributed by atoms with Gasteiger partial charge in [-0.2, -0.15) is 0 Å². The molecular weight excluding hydrogens is 312 g/mol. The smallest absolute Gasteiger partial charge is 0.0552 e. The number of benzene rings is 1. The van der Waals surface area contributed by atoms with E-state index in [2.05, 4.69) is 45.5 Å². The highest BCUT2D eigenvalue weighted by molar-refractivity contribution is 9.10. The normalized spacial score (nSPS) is 41.9. The van der Waals surface area contributed by atoms with Gasteiger partial charge in [0, 0.05) is 16.7 Å². The van der Waals surface area contributed by atoms with E-state index in [0.717, 1.165) is 34.7 Å². The molecule has 108 valence electrons. The lowest BCUT2D eigenvalue weighted by Gasteiger charge is -2.61. The van der Waals surface area contributed by atoms with Crippen LogP contribution in [0.3, 0.4) is 0 Å². The van der Waals surface area contributed by atoms with Gasteiger partial charge in [0.05, 0.1) is 5.54 Å². The van der Waals surface area contributed by atoms with Crippen LogP contribution in [0, 0.1) is 23.7 Å². The summed E-state index contributed by atoms with van der Waals surface area (Å²) in [5.74, 6) is 3.54. The van der Waals surface area contributed by atoms with Crippen LogP contribution in [0.5, 0.6) is 0 Å². The van der Waals surface area contributed by atoms with Crippen LogP contribution in [0.25, 0.3) is 0 Å². The zero-order valence-electron chi connectivity index (χ0n) is 11.8. The highest BCUT2D eigenvalue weighted by Gasteiger charge is 2.56. The molecule has 4 aliphatic rings. The van der Waals surface area contributed by atoms with E-state index in [1.54, 1.807) is 0 Å². The van der Waals surface area contributed by atoms with Crippen molar-refractivity contribution < 1.29 is 0 Å². The summed E-state index contributed by atoms with van der Waals surface area (Å²) < 4.78 is 1.14. The van der Waals surface area contributed by atoms with Gasteiger partial charge in [-0.25, -0.2) is 0 Å². The molecule has 1 aromatic carbocycles. The first kappa shape index (κ1) is 13.1. The summed E-state index contributed by atoms with van der Waals surface area (Å²) in [6, 6.07) is 8.54. The summed E-state index contributed by atoms with van der Waals surface area (Å²) in [4.78, 5) is 0. The molecule has 1 aromatic rings. The molecule has 0 atom stereocenters. The maximum atomic E-state index is 6.30. The fourth-order valence-corrected chi connectivity index (χ4v) is 5.85. The van der Waals surface area contributed by atoms with Crippen molar-refractivity contribution in [2.45, 2.75) is 37.6 Å². The monoisotopic (exact) mass is 334 g/mol. The van der Waals surface area contributed by atoms with E-state index in [1.807, 2.05) is 0 Å². The van der Waals surface area contributed by atoms with Crippen LogP contribution >= 0.6 is 15.9 Å². The molecule has 0 aromatic heterocycles. The average molecular weight is 335 g/mol. The first-order chi connectivity index (χ1) is 9.69. The molecular formula is C17H23BrN2. The number of hydrogen-bond donors (Lipinski definition) is 2. The summed E-state index contributed by atoms with van der Waals surface area (Å²) in [6.45, 7) is 0.772. The summed E-state index contributed by atoms with van der Waals surface area (Å²) in [7, 11) is 0. The number of nitrogens with two attached hydrogens (primary N) is 1. The number of anilines is 1. The van der Waals surface area contributed by atoms with E-state index in [1.165, 1.54) is 37.8 Å². The molecule has 20 heavy (non-hydrogen) atoms. The van der Waals surface area contributed by atoms with Crippen LogP contribution in [0.2, 0.25) is 0 Å². The Morgan fingerprint density at radius 3 is 2.30 bits per heavy atom. The largest absolute Gasteiger partial charge is 0.378 e. The third kappa shape index (κ3) is 1.93. The van der Waals surface area contributed by atoms with Crippen molar-refractivity contribution in [1.82, 2.24) is 0 Å². The zero-order chi connectivity index (χ0) is 13.7. The highest BCUT2D eigenvalue weighted by Crippen LogP contribution is 2.58. The fourth-order valence-electron chi connectivity index (χ4n) is 5.45. The Labute approximate surface area is 129 Å². The second-order valence-electron chi connectivity index (χ2n) is 7.18. The molecule has 3 heteroatoms. The lowest BCUT2D eigenvalue weighted by molar-refractivity contribution is -0.0405. The maximum Gasteiger partial charge on any atom is 0.0552 e. The van der Waals surface area contributed by atoms with Gasteiger partial charge in [-0.3, -0.25) is 0 Å². The Bertz CT molecular complexity index is 485. The first-order valence-corrected chi connectivity index (χ1v) is 8.72. The Balaban J connectivity index is 1.66. The van der Waals surface area contributed by atoms with Crippen LogP contribution < -0.4 is 11.1 Å². The highest BCUT2D eigenvalue weighted by atomic mass is 79.9. The van der Waals surface area contributed by atoms with Crippen molar-refractivity contribution in [3.8, 4) is 0 Å². The maximum absolute atomic E-state index is 6.30. The van der Waals surface area contributed by atoms with Crippen molar-refractivity contribution in [2.75, 3.05) is 11.9 Å². The molecule has 4 aliphatic carbocycles. The standard InChI is InChI=1S/C17H23BrN2/c18-15-2-1-3-16(9-15)20-17(10-19)13-5-11-4-12(7-13)8-14(17)6-11/h1-3,9,11-14,20H,4-8,10,19H2. The molecule has 5 rings (SSSR count). The van der Waals surface area contributed by atoms with Gasteiger partial charge in [0.15, 0.2) is 0 Å². The lowest BCUT2D eigenvalue weighted by Crippen LogP contribution is -2.65. The molecule has 0 aliphatic heterocycles. The third-order valence-corrected chi connectivity index (χ3v) is 6.63. The summed E-state index contributed by atoms with van der Waals surface area (Å²) in [5, 5.41) is 3.87. The average Bonchev–Trinajstić information content (AvgIpc) is 2.42. The van der Waals surface area contributed by atoms with Crippen LogP contribution in [0.4, 0.5) is 5.69 Å². The van der Waals surface area contributed by atoms with Gasteiger partial charge in [-0.05, 0) is 74.0 Å². The molecule has 0 radical (unpaired) electrons. The first-order valence-electron chi connectivity index (χ1n) is 7.93. The quantitative estimate of drug-likeness (QED) is 0.876.